The molecule has 0 spiro atoms. The molecule has 1 fully saturated rings. The van der Waals surface area contributed by atoms with Crippen LogP contribution >= 0.6 is 0 Å². The molecule has 33 heavy (non-hydrogen) atoms. The molecule has 1 amide bonds. The van der Waals surface area contributed by atoms with Gasteiger partial charge in [0.2, 0.25) is 15.9 Å². The van der Waals surface area contributed by atoms with Crippen LogP contribution in [0.4, 0.5) is 0 Å². The molecule has 180 valence electrons. The fourth-order valence-corrected chi connectivity index (χ4v) is 7.14. The Balaban J connectivity index is 1.61. The molecule has 1 unspecified atom stereocenters. The fourth-order valence-electron chi connectivity index (χ4n) is 4.04. The first-order chi connectivity index (χ1) is 15.7. The first-order valence-electron chi connectivity index (χ1n) is 10.6. The van der Waals surface area contributed by atoms with Crippen LogP contribution in [0.25, 0.3) is 0 Å². The van der Waals surface area contributed by atoms with E-state index in [9.17, 15) is 21.6 Å². The van der Waals surface area contributed by atoms with E-state index in [4.69, 9.17) is 13.9 Å². The van der Waals surface area contributed by atoms with Crippen molar-refractivity contribution in [1.29, 1.82) is 0 Å². The third kappa shape index (κ3) is 5.17. The zero-order chi connectivity index (χ0) is 23.6. The zero-order valence-corrected chi connectivity index (χ0v) is 19.8. The lowest BCUT2D eigenvalue weighted by atomic mass is 10.2. The maximum absolute atomic E-state index is 13.5. The van der Waals surface area contributed by atoms with Gasteiger partial charge >= 0.3 is 0 Å². The van der Waals surface area contributed by atoms with Crippen molar-refractivity contribution in [2.45, 2.75) is 30.8 Å². The lowest BCUT2D eigenvalue weighted by Gasteiger charge is -2.30. The molecule has 4 rings (SSSR count). The highest BCUT2D eigenvalue weighted by molar-refractivity contribution is 7.91. The van der Waals surface area contributed by atoms with Gasteiger partial charge in [0.05, 0.1) is 35.8 Å². The molecular formula is C21H26N2O8S2. The van der Waals surface area contributed by atoms with E-state index >= 15 is 0 Å². The Morgan fingerprint density at radius 1 is 1.15 bits per heavy atom. The Bertz CT molecular complexity index is 1210. The maximum atomic E-state index is 13.5. The fraction of sp³-hybridized carbons (Fsp3) is 0.476. The van der Waals surface area contributed by atoms with Crippen molar-refractivity contribution in [3.05, 3.63) is 42.4 Å². The largest absolute Gasteiger partial charge is 0.486 e. The number of amides is 1. The van der Waals surface area contributed by atoms with Crippen LogP contribution in [0.2, 0.25) is 0 Å². The Kier molecular flexibility index (Phi) is 6.68. The summed E-state index contributed by atoms with van der Waals surface area (Å²) in [6.07, 6.45) is 1.77. The molecule has 2 aliphatic heterocycles. The summed E-state index contributed by atoms with van der Waals surface area (Å²) in [6.45, 7) is 2.09. The second-order valence-corrected chi connectivity index (χ2v) is 12.1. The Morgan fingerprint density at radius 3 is 2.55 bits per heavy atom. The standard InChI is InChI=1S/C21H26N2O8S2/c1-2-23(16-7-11-32(25,26)15-16)21(24)14-22(13-17-4-3-8-29-17)33(27,28)18-5-6-19-20(12-18)31-10-9-30-19/h3-6,8,12,16H,2,7,9-11,13-15H2,1H3. The van der Waals surface area contributed by atoms with E-state index in [-0.39, 0.29) is 29.5 Å². The minimum Gasteiger partial charge on any atom is -0.486 e. The number of hydrogen-bond acceptors (Lipinski definition) is 8. The van der Waals surface area contributed by atoms with Crippen molar-refractivity contribution in [2.24, 2.45) is 0 Å². The quantitative estimate of drug-likeness (QED) is 0.533. The minimum absolute atomic E-state index is 0.0209. The highest BCUT2D eigenvalue weighted by Crippen LogP contribution is 2.33. The molecule has 0 radical (unpaired) electrons. The number of sulfone groups is 1. The molecule has 0 bridgehead atoms. The smallest absolute Gasteiger partial charge is 0.244 e. The summed E-state index contributed by atoms with van der Waals surface area (Å²) in [4.78, 5) is 14.6. The molecular weight excluding hydrogens is 472 g/mol. The van der Waals surface area contributed by atoms with E-state index in [0.717, 1.165) is 4.31 Å². The van der Waals surface area contributed by atoms with Crippen LogP contribution in [0, 0.1) is 0 Å². The molecule has 2 aromatic rings. The highest BCUT2D eigenvalue weighted by atomic mass is 32.2. The lowest BCUT2D eigenvalue weighted by molar-refractivity contribution is -0.133. The van der Waals surface area contributed by atoms with Gasteiger partial charge in [-0.15, -0.1) is 0 Å². The van der Waals surface area contributed by atoms with Gasteiger partial charge in [0, 0.05) is 18.7 Å². The number of rotatable bonds is 8. The summed E-state index contributed by atoms with van der Waals surface area (Å²) >= 11 is 0. The summed E-state index contributed by atoms with van der Waals surface area (Å²) in [5.41, 5.74) is 0. The van der Waals surface area contributed by atoms with E-state index in [2.05, 4.69) is 0 Å². The second-order valence-electron chi connectivity index (χ2n) is 7.89. The molecule has 3 heterocycles. The first-order valence-corrected chi connectivity index (χ1v) is 13.9. The van der Waals surface area contributed by atoms with Gasteiger partial charge in [-0.3, -0.25) is 4.79 Å². The third-order valence-corrected chi connectivity index (χ3v) is 9.22. The van der Waals surface area contributed by atoms with Crippen LogP contribution in [-0.4, -0.2) is 75.8 Å². The van der Waals surface area contributed by atoms with Gasteiger partial charge in [0.25, 0.3) is 0 Å². The number of sulfonamides is 1. The molecule has 12 heteroatoms. The Hall–Kier alpha value is -2.57. The molecule has 2 aliphatic rings. The number of likely N-dealkylation sites (N-methyl/N-ethyl adjacent to an activating group) is 1. The lowest BCUT2D eigenvalue weighted by Crippen LogP contribution is -2.47. The van der Waals surface area contributed by atoms with Crippen molar-refractivity contribution < 1.29 is 35.5 Å². The Morgan fingerprint density at radius 2 is 1.91 bits per heavy atom. The van der Waals surface area contributed by atoms with Gasteiger partial charge in [0.1, 0.15) is 19.0 Å². The Labute approximate surface area is 193 Å². The van der Waals surface area contributed by atoms with Crippen molar-refractivity contribution in [2.75, 3.05) is 37.8 Å². The summed E-state index contributed by atoms with van der Waals surface area (Å²) in [5, 5.41) is 0. The predicted octanol–water partition coefficient (Wildman–Crippen LogP) is 1.28. The van der Waals surface area contributed by atoms with Gasteiger partial charge in [0.15, 0.2) is 21.3 Å². The van der Waals surface area contributed by atoms with Gasteiger partial charge in [-0.25, -0.2) is 16.8 Å². The number of furan rings is 1. The molecule has 0 saturated carbocycles. The predicted molar refractivity (Wildman–Crippen MR) is 118 cm³/mol. The normalized spacial score (nSPS) is 19.5. The van der Waals surface area contributed by atoms with E-state index in [0.29, 0.717) is 36.9 Å². The zero-order valence-electron chi connectivity index (χ0n) is 18.2. The van der Waals surface area contributed by atoms with Crippen molar-refractivity contribution in [1.82, 2.24) is 9.21 Å². The summed E-state index contributed by atoms with van der Waals surface area (Å²) < 4.78 is 68.2. The van der Waals surface area contributed by atoms with Crippen LogP contribution < -0.4 is 9.47 Å². The van der Waals surface area contributed by atoms with E-state index < -0.39 is 38.4 Å². The number of benzene rings is 1. The van der Waals surface area contributed by atoms with Gasteiger partial charge in [-0.05, 0) is 37.6 Å². The molecule has 1 saturated heterocycles. The monoisotopic (exact) mass is 498 g/mol. The SMILES string of the molecule is CCN(C(=O)CN(Cc1ccco1)S(=O)(=O)c1ccc2c(c1)OCCO2)C1CCS(=O)(=O)C1. The number of carbonyl (C=O) groups is 1. The van der Waals surface area contributed by atoms with Gasteiger partial charge in [-0.1, -0.05) is 0 Å². The second kappa shape index (κ2) is 9.35. The molecule has 1 aromatic carbocycles. The first kappa shape index (κ1) is 23.6. The number of carbonyl (C=O) groups excluding carboxylic acids is 1. The highest BCUT2D eigenvalue weighted by Gasteiger charge is 2.36. The van der Waals surface area contributed by atoms with Gasteiger partial charge in [-0.2, -0.15) is 4.31 Å². The molecule has 1 atom stereocenters. The van der Waals surface area contributed by atoms with Crippen LogP contribution in [0.15, 0.2) is 45.9 Å². The average molecular weight is 499 g/mol. The summed E-state index contributed by atoms with van der Waals surface area (Å²) in [5.74, 6) is 0.585. The molecule has 0 aliphatic carbocycles. The maximum Gasteiger partial charge on any atom is 0.244 e. The van der Waals surface area contributed by atoms with Crippen LogP contribution in [0.3, 0.4) is 0 Å². The summed E-state index contributed by atoms with van der Waals surface area (Å²) in [6, 6.07) is 7.10. The number of nitrogens with zero attached hydrogens (tertiary/aromatic N) is 2. The van der Waals surface area contributed by atoms with E-state index in [1.165, 1.54) is 29.4 Å². The van der Waals surface area contributed by atoms with Crippen molar-refractivity contribution in [3.63, 3.8) is 0 Å². The molecule has 0 N–H and O–H groups in total. The summed E-state index contributed by atoms with van der Waals surface area (Å²) in [7, 11) is -7.32. The third-order valence-electron chi connectivity index (χ3n) is 5.69. The topological polar surface area (TPSA) is 123 Å². The number of fused-ring (bicyclic) bond motifs is 1. The van der Waals surface area contributed by atoms with E-state index in [1.807, 2.05) is 0 Å². The molecule has 10 nitrogen and oxygen atoms in total. The minimum atomic E-state index is -4.12. The van der Waals surface area contributed by atoms with Crippen molar-refractivity contribution in [3.8, 4) is 11.5 Å². The van der Waals surface area contributed by atoms with Crippen LogP contribution in [-0.2, 0) is 31.2 Å². The van der Waals surface area contributed by atoms with E-state index in [1.54, 1.807) is 19.1 Å². The molecule has 1 aromatic heterocycles. The van der Waals surface area contributed by atoms with Crippen molar-refractivity contribution >= 4 is 25.8 Å². The van der Waals surface area contributed by atoms with Gasteiger partial charge < -0.3 is 18.8 Å². The van der Waals surface area contributed by atoms with Crippen LogP contribution in [0.1, 0.15) is 19.1 Å². The average Bonchev–Trinajstić information content (AvgIpc) is 3.42. The number of ether oxygens (including phenoxy) is 2. The van der Waals surface area contributed by atoms with Crippen LogP contribution in [0.5, 0.6) is 11.5 Å². The number of hydrogen-bond donors (Lipinski definition) is 0.